The molecule has 1 aromatic rings. The summed E-state index contributed by atoms with van der Waals surface area (Å²) in [5.74, 6) is 0. The van der Waals surface area contributed by atoms with Crippen molar-refractivity contribution in [2.45, 2.75) is 52.4 Å². The predicted octanol–water partition coefficient (Wildman–Crippen LogP) is 4.21. The van der Waals surface area contributed by atoms with E-state index >= 15 is 0 Å². The van der Waals surface area contributed by atoms with Crippen molar-refractivity contribution in [1.82, 2.24) is 5.32 Å². The van der Waals surface area contributed by atoms with E-state index in [0.29, 0.717) is 13.2 Å². The Morgan fingerprint density at radius 3 is 2.33 bits per heavy atom. The topological polar surface area (TPSA) is 30.5 Å². The van der Waals surface area contributed by atoms with Crippen molar-refractivity contribution in [3.63, 3.8) is 0 Å². The van der Waals surface area contributed by atoms with Gasteiger partial charge in [-0.3, -0.25) is 0 Å². The molecule has 0 amide bonds. The van der Waals surface area contributed by atoms with E-state index in [4.69, 9.17) is 21.1 Å². The monoisotopic (exact) mass is 313 g/mol. The molecule has 0 heterocycles. The molecule has 0 saturated carbocycles. The molecule has 0 bridgehead atoms. The summed E-state index contributed by atoms with van der Waals surface area (Å²) in [6.45, 7) is 12.5. The van der Waals surface area contributed by atoms with Crippen molar-refractivity contribution >= 4 is 11.6 Å². The van der Waals surface area contributed by atoms with E-state index in [1.807, 2.05) is 38.1 Å². The van der Waals surface area contributed by atoms with Crippen LogP contribution in [0.3, 0.4) is 0 Å². The number of halogens is 1. The van der Waals surface area contributed by atoms with Gasteiger partial charge in [0.1, 0.15) is 0 Å². The molecule has 0 aliphatic carbocycles. The Morgan fingerprint density at radius 2 is 1.81 bits per heavy atom. The molecule has 0 spiro atoms. The third kappa shape index (κ3) is 7.82. The van der Waals surface area contributed by atoms with Gasteiger partial charge < -0.3 is 14.8 Å². The lowest BCUT2D eigenvalue weighted by atomic mass is 10.1. The lowest BCUT2D eigenvalue weighted by molar-refractivity contribution is -0.0486. The second kappa shape index (κ2) is 8.74. The van der Waals surface area contributed by atoms with Crippen LogP contribution in [0.25, 0.3) is 0 Å². The van der Waals surface area contributed by atoms with Gasteiger partial charge in [-0.15, -0.1) is 0 Å². The van der Waals surface area contributed by atoms with Crippen molar-refractivity contribution in [2.75, 3.05) is 19.8 Å². The lowest BCUT2D eigenvalue weighted by Gasteiger charge is -2.28. The first-order valence-corrected chi connectivity index (χ1v) is 7.93. The van der Waals surface area contributed by atoms with E-state index in [0.717, 1.165) is 17.1 Å². The van der Waals surface area contributed by atoms with Gasteiger partial charge in [0.25, 0.3) is 0 Å². The summed E-state index contributed by atoms with van der Waals surface area (Å²) < 4.78 is 11.6. The van der Waals surface area contributed by atoms with Gasteiger partial charge in [0, 0.05) is 23.7 Å². The molecule has 1 rings (SSSR count). The predicted molar refractivity (Wildman–Crippen MR) is 89.0 cm³/mol. The molecule has 0 fully saturated rings. The van der Waals surface area contributed by atoms with Gasteiger partial charge in [0.15, 0.2) is 0 Å². The van der Waals surface area contributed by atoms with E-state index in [2.05, 4.69) is 26.1 Å². The summed E-state index contributed by atoms with van der Waals surface area (Å²) in [5, 5.41) is 4.24. The highest BCUT2D eigenvalue weighted by Crippen LogP contribution is 2.21. The van der Waals surface area contributed by atoms with Crippen molar-refractivity contribution in [3.8, 4) is 0 Å². The maximum absolute atomic E-state index is 6.14. The average Bonchev–Trinajstić information content (AvgIpc) is 2.41. The molecule has 0 aliphatic rings. The van der Waals surface area contributed by atoms with Crippen molar-refractivity contribution in [1.29, 1.82) is 0 Å². The number of benzene rings is 1. The van der Waals surface area contributed by atoms with E-state index in [1.165, 1.54) is 0 Å². The second-order valence-corrected chi connectivity index (χ2v) is 6.71. The number of hydrogen-bond acceptors (Lipinski definition) is 3. The van der Waals surface area contributed by atoms with Crippen LogP contribution in [0.15, 0.2) is 24.3 Å². The van der Waals surface area contributed by atoms with Crippen LogP contribution in [0, 0.1) is 0 Å². The van der Waals surface area contributed by atoms with Crippen LogP contribution in [0.2, 0.25) is 5.02 Å². The molecular weight excluding hydrogens is 286 g/mol. The Morgan fingerprint density at radius 1 is 1.19 bits per heavy atom. The molecule has 1 aromatic carbocycles. The van der Waals surface area contributed by atoms with Gasteiger partial charge in [-0.1, -0.05) is 23.7 Å². The largest absolute Gasteiger partial charge is 0.379 e. The zero-order valence-electron chi connectivity index (χ0n) is 13.8. The summed E-state index contributed by atoms with van der Waals surface area (Å²) in [6, 6.07) is 7.84. The Labute approximate surface area is 134 Å². The highest BCUT2D eigenvalue weighted by Gasteiger charge is 2.19. The Kier molecular flexibility index (Phi) is 7.67. The van der Waals surface area contributed by atoms with Gasteiger partial charge in [-0.25, -0.2) is 0 Å². The van der Waals surface area contributed by atoms with Crippen molar-refractivity contribution in [2.24, 2.45) is 0 Å². The lowest BCUT2D eigenvalue weighted by Crippen LogP contribution is -2.39. The molecule has 0 radical (unpaired) electrons. The van der Waals surface area contributed by atoms with Gasteiger partial charge in [-0.2, -0.15) is 0 Å². The second-order valence-electron chi connectivity index (χ2n) is 6.28. The molecular formula is C17H28ClNO2. The maximum atomic E-state index is 6.14. The quantitative estimate of drug-likeness (QED) is 0.780. The fraction of sp³-hybridized carbons (Fsp3) is 0.647. The summed E-state index contributed by atoms with van der Waals surface area (Å²) >= 11 is 5.96. The minimum atomic E-state index is -0.0167. The van der Waals surface area contributed by atoms with Crippen LogP contribution in [0.5, 0.6) is 0 Å². The molecule has 1 N–H and O–H groups in total. The minimum absolute atomic E-state index is 0.0167. The smallest absolute Gasteiger partial charge is 0.0954 e. The molecule has 0 saturated heterocycles. The Balaban J connectivity index is 2.71. The highest BCUT2D eigenvalue weighted by atomic mass is 35.5. The first-order valence-electron chi connectivity index (χ1n) is 7.55. The van der Waals surface area contributed by atoms with Crippen LogP contribution in [-0.2, 0) is 9.47 Å². The van der Waals surface area contributed by atoms with Crippen LogP contribution < -0.4 is 5.32 Å². The summed E-state index contributed by atoms with van der Waals surface area (Å²) in [6.07, 6.45) is 0.0318. The summed E-state index contributed by atoms with van der Waals surface area (Å²) in [5.41, 5.74) is 1.18. The van der Waals surface area contributed by atoms with Gasteiger partial charge in [0.2, 0.25) is 0 Å². The van der Waals surface area contributed by atoms with E-state index in [9.17, 15) is 0 Å². The Bertz CT molecular complexity index is 400. The number of nitrogens with one attached hydrogen (secondary N) is 1. The van der Waals surface area contributed by atoms with Crippen LogP contribution in [0.1, 0.15) is 46.3 Å². The zero-order valence-corrected chi connectivity index (χ0v) is 14.5. The van der Waals surface area contributed by atoms with Crippen LogP contribution in [-0.4, -0.2) is 31.4 Å². The summed E-state index contributed by atoms with van der Waals surface area (Å²) in [4.78, 5) is 0. The highest BCUT2D eigenvalue weighted by molar-refractivity contribution is 6.30. The third-order valence-corrected chi connectivity index (χ3v) is 3.26. The van der Waals surface area contributed by atoms with Crippen molar-refractivity contribution in [3.05, 3.63) is 34.9 Å². The number of rotatable bonds is 8. The first-order chi connectivity index (χ1) is 9.81. The fourth-order valence-electron chi connectivity index (χ4n) is 1.92. The van der Waals surface area contributed by atoms with E-state index in [-0.39, 0.29) is 17.7 Å². The van der Waals surface area contributed by atoms with Gasteiger partial charge in [-0.05, 0) is 52.3 Å². The average molecular weight is 314 g/mol. The molecule has 2 unspecified atom stereocenters. The number of ether oxygens (including phenoxy) is 2. The van der Waals surface area contributed by atoms with E-state index in [1.54, 1.807) is 0 Å². The Hall–Kier alpha value is -0.610. The van der Waals surface area contributed by atoms with Crippen molar-refractivity contribution < 1.29 is 9.47 Å². The van der Waals surface area contributed by atoms with Gasteiger partial charge in [0.05, 0.1) is 18.8 Å². The normalized spacial score (nSPS) is 15.0. The third-order valence-electron chi connectivity index (χ3n) is 3.01. The zero-order chi connectivity index (χ0) is 15.9. The molecule has 2 atom stereocenters. The molecule has 21 heavy (non-hydrogen) atoms. The van der Waals surface area contributed by atoms with E-state index < -0.39 is 0 Å². The maximum Gasteiger partial charge on any atom is 0.0954 e. The van der Waals surface area contributed by atoms with Gasteiger partial charge >= 0.3 is 0 Å². The molecule has 0 aromatic heterocycles. The fourth-order valence-corrected chi connectivity index (χ4v) is 2.05. The van der Waals surface area contributed by atoms with Crippen LogP contribution >= 0.6 is 11.6 Å². The molecule has 4 heteroatoms. The molecule has 120 valence electrons. The number of hydrogen-bond donors (Lipinski definition) is 1. The standard InChI is InChI=1S/C17H28ClNO2/c1-6-20-12-13(2)21-16(11-19-17(3,4)5)14-7-9-15(18)10-8-14/h7-10,13,16,19H,6,11-12H2,1-5H3. The SMILES string of the molecule is CCOCC(C)OC(CNC(C)(C)C)c1ccc(Cl)cc1. The summed E-state index contributed by atoms with van der Waals surface area (Å²) in [7, 11) is 0. The first kappa shape index (κ1) is 18.4. The molecule has 0 aliphatic heterocycles. The molecule has 3 nitrogen and oxygen atoms in total. The van der Waals surface area contributed by atoms with Crippen LogP contribution in [0.4, 0.5) is 0 Å². The minimum Gasteiger partial charge on any atom is -0.379 e.